The molecule has 6 aromatic carbocycles. The highest BCUT2D eigenvalue weighted by atomic mass is 127. The van der Waals surface area contributed by atoms with E-state index in [-0.39, 0.29) is 11.6 Å². The third kappa shape index (κ3) is 6.21. The standard InChI is InChI=1S/C44H32F3I2N3S2/c1-24(2)27-11-7-13-29-30-14-9-19-38(42(30)53-40(27)29)51(48)36-18-8-12-28(34(36)23-50)26-21-32(25(3)4)41-33(22-26)31-15-10-20-39(43(31)54-41)52(49)37-17-6-5-16-35(37)44(45,46)47/h5-22,24-25H,1-4H3. The summed E-state index contributed by atoms with van der Waals surface area (Å²) in [4.78, 5) is 0. The average molecular weight is 978 g/mol. The summed E-state index contributed by atoms with van der Waals surface area (Å²) < 4.78 is 50.5. The maximum Gasteiger partial charge on any atom is 0.418 e. The van der Waals surface area contributed by atoms with E-state index in [9.17, 15) is 18.4 Å². The van der Waals surface area contributed by atoms with Gasteiger partial charge in [0.2, 0.25) is 0 Å². The summed E-state index contributed by atoms with van der Waals surface area (Å²) in [6, 6.07) is 37.3. The number of fused-ring (bicyclic) bond motifs is 6. The van der Waals surface area contributed by atoms with Crippen molar-refractivity contribution >= 4 is 131 Å². The quantitative estimate of drug-likeness (QED) is 0.118. The molecule has 0 unspecified atom stereocenters. The first-order chi connectivity index (χ1) is 25.9. The average Bonchev–Trinajstić information content (AvgIpc) is 3.75. The zero-order valence-electron chi connectivity index (χ0n) is 29.6. The lowest BCUT2D eigenvalue weighted by Gasteiger charge is -2.22. The Labute approximate surface area is 347 Å². The molecule has 54 heavy (non-hydrogen) atoms. The number of nitriles is 1. The second-order valence-corrected chi connectivity index (χ2v) is 17.8. The van der Waals surface area contributed by atoms with Crippen molar-refractivity contribution < 1.29 is 13.2 Å². The van der Waals surface area contributed by atoms with Crippen LogP contribution in [0.4, 0.5) is 35.9 Å². The Kier molecular flexibility index (Phi) is 9.82. The molecular formula is C44H32F3I2N3S2. The number of benzene rings is 6. The molecule has 0 N–H and O–H groups in total. The fraction of sp³-hybridized carbons (Fsp3) is 0.159. The molecule has 0 atom stereocenters. The van der Waals surface area contributed by atoms with Gasteiger partial charge in [-0.15, -0.1) is 22.7 Å². The van der Waals surface area contributed by atoms with Crippen LogP contribution in [-0.4, -0.2) is 0 Å². The van der Waals surface area contributed by atoms with Crippen LogP contribution in [0.1, 0.15) is 61.8 Å². The fourth-order valence-corrected chi connectivity index (χ4v) is 12.2. The van der Waals surface area contributed by atoms with E-state index >= 15 is 0 Å². The second kappa shape index (κ2) is 14.3. The third-order valence-electron chi connectivity index (χ3n) is 9.90. The molecule has 0 aliphatic rings. The molecule has 2 aromatic heterocycles. The molecule has 0 saturated carbocycles. The van der Waals surface area contributed by atoms with Crippen LogP contribution in [0.15, 0.2) is 109 Å². The monoisotopic (exact) mass is 977 g/mol. The van der Waals surface area contributed by atoms with E-state index in [1.54, 1.807) is 31.9 Å². The summed E-state index contributed by atoms with van der Waals surface area (Å²) in [5.41, 5.74) is 6.72. The molecule has 0 saturated heterocycles. The van der Waals surface area contributed by atoms with Gasteiger partial charge in [0.1, 0.15) is 6.07 Å². The van der Waals surface area contributed by atoms with Gasteiger partial charge in [-0.2, -0.15) is 18.4 Å². The fourth-order valence-electron chi connectivity index (χ4n) is 7.29. The van der Waals surface area contributed by atoms with Gasteiger partial charge in [0.15, 0.2) is 0 Å². The predicted octanol–water partition coefficient (Wildman–Crippen LogP) is 16.2. The summed E-state index contributed by atoms with van der Waals surface area (Å²) >= 11 is 7.72. The van der Waals surface area contributed by atoms with E-state index < -0.39 is 11.7 Å². The highest BCUT2D eigenvalue weighted by Gasteiger charge is 2.35. The number of hydrogen-bond donors (Lipinski definition) is 0. The molecule has 0 aliphatic carbocycles. The van der Waals surface area contributed by atoms with Gasteiger partial charge in [-0.1, -0.05) is 94.4 Å². The zero-order valence-corrected chi connectivity index (χ0v) is 35.5. The summed E-state index contributed by atoms with van der Waals surface area (Å²) in [6.07, 6.45) is -4.49. The molecule has 0 amide bonds. The molecule has 0 radical (unpaired) electrons. The van der Waals surface area contributed by atoms with Crippen molar-refractivity contribution in [3.05, 3.63) is 131 Å². The summed E-state index contributed by atoms with van der Waals surface area (Å²) in [6.45, 7) is 8.76. The highest BCUT2D eigenvalue weighted by molar-refractivity contribution is 14.1. The Morgan fingerprint density at radius 3 is 1.69 bits per heavy atom. The number of thiophene rings is 2. The van der Waals surface area contributed by atoms with E-state index in [1.807, 2.05) is 59.3 Å². The topological polar surface area (TPSA) is 30.3 Å². The van der Waals surface area contributed by atoms with Crippen LogP contribution in [0.5, 0.6) is 0 Å². The predicted molar refractivity (Wildman–Crippen MR) is 241 cm³/mol. The van der Waals surface area contributed by atoms with Crippen molar-refractivity contribution in [3.63, 3.8) is 0 Å². The zero-order chi connectivity index (χ0) is 38.1. The molecule has 0 aliphatic heterocycles. The van der Waals surface area contributed by atoms with Gasteiger partial charge < -0.3 is 0 Å². The van der Waals surface area contributed by atoms with E-state index in [4.69, 9.17) is 0 Å². The summed E-state index contributed by atoms with van der Waals surface area (Å²) in [7, 11) is 0. The lowest BCUT2D eigenvalue weighted by Crippen LogP contribution is -2.12. The van der Waals surface area contributed by atoms with Crippen molar-refractivity contribution in [2.75, 3.05) is 6.23 Å². The minimum atomic E-state index is -4.49. The van der Waals surface area contributed by atoms with Crippen LogP contribution in [0.25, 0.3) is 51.5 Å². The molecule has 3 nitrogen and oxygen atoms in total. The minimum absolute atomic E-state index is 0.0888. The Balaban J connectivity index is 1.28. The molecule has 0 spiro atoms. The normalized spacial score (nSPS) is 12.1. The Hall–Kier alpha value is -3.90. The van der Waals surface area contributed by atoms with Crippen molar-refractivity contribution in [1.29, 1.82) is 5.26 Å². The molecule has 8 aromatic rings. The van der Waals surface area contributed by atoms with Gasteiger partial charge in [0.25, 0.3) is 0 Å². The molecule has 0 fully saturated rings. The number of rotatable bonds is 7. The number of nitrogens with zero attached hydrogens (tertiary/aromatic N) is 3. The van der Waals surface area contributed by atoms with Crippen LogP contribution in [0.2, 0.25) is 0 Å². The van der Waals surface area contributed by atoms with Crippen LogP contribution in [0, 0.1) is 11.3 Å². The van der Waals surface area contributed by atoms with Gasteiger partial charge in [-0.25, -0.2) is 0 Å². The maximum atomic E-state index is 14.1. The Bertz CT molecular complexity index is 2800. The van der Waals surface area contributed by atoms with E-state index in [0.29, 0.717) is 17.2 Å². The van der Waals surface area contributed by atoms with Crippen LogP contribution < -0.4 is 6.23 Å². The molecule has 0 bridgehead atoms. The lowest BCUT2D eigenvalue weighted by atomic mass is 9.92. The molecule has 10 heteroatoms. The number of anilines is 4. The number of halogens is 5. The van der Waals surface area contributed by atoms with Crippen LogP contribution in [0.3, 0.4) is 0 Å². The number of hydrogen-bond acceptors (Lipinski definition) is 5. The van der Waals surface area contributed by atoms with Gasteiger partial charge in [0, 0.05) is 36.5 Å². The Morgan fingerprint density at radius 2 is 1.07 bits per heavy atom. The van der Waals surface area contributed by atoms with Gasteiger partial charge in [0.05, 0.1) is 89.0 Å². The lowest BCUT2D eigenvalue weighted by molar-refractivity contribution is -0.137. The van der Waals surface area contributed by atoms with Crippen LogP contribution in [-0.2, 0) is 6.18 Å². The SMILES string of the molecule is CC(C)c1cc(-c2cccc(N(I)c3cccc4c3sc3c(C(C)C)cccc34)c2C#N)cc2c1sc1c(N(I)c3ccccc3C(F)(F)F)cccc12. The smallest absolute Gasteiger partial charge is 0.281 e. The third-order valence-corrected chi connectivity index (χ3v) is 14.6. The van der Waals surface area contributed by atoms with E-state index in [2.05, 4.69) is 108 Å². The second-order valence-electron chi connectivity index (χ2n) is 13.9. The van der Waals surface area contributed by atoms with Gasteiger partial charge >= 0.3 is 6.18 Å². The molecule has 270 valence electrons. The van der Waals surface area contributed by atoms with Crippen molar-refractivity contribution in [2.24, 2.45) is 0 Å². The first-order valence-electron chi connectivity index (χ1n) is 17.4. The maximum absolute atomic E-state index is 14.1. The first kappa shape index (κ1) is 37.0. The Morgan fingerprint density at radius 1 is 0.574 bits per heavy atom. The molecular weight excluding hydrogens is 945 g/mol. The largest absolute Gasteiger partial charge is 0.418 e. The molecule has 2 heterocycles. The van der Waals surface area contributed by atoms with Crippen LogP contribution >= 0.6 is 68.4 Å². The van der Waals surface area contributed by atoms with Gasteiger partial charge in [-0.05, 0) is 71.0 Å². The van der Waals surface area contributed by atoms with Gasteiger partial charge in [-0.3, -0.25) is 6.23 Å². The van der Waals surface area contributed by atoms with Crippen molar-refractivity contribution in [3.8, 4) is 17.2 Å². The number of alkyl halides is 3. The minimum Gasteiger partial charge on any atom is -0.281 e. The summed E-state index contributed by atoms with van der Waals surface area (Å²) in [5.74, 6) is 0.552. The van der Waals surface area contributed by atoms with Crippen molar-refractivity contribution in [2.45, 2.75) is 45.7 Å². The molecule has 8 rings (SSSR count). The first-order valence-corrected chi connectivity index (χ1v) is 21.0. The highest BCUT2D eigenvalue weighted by Crippen LogP contribution is 2.50. The van der Waals surface area contributed by atoms with Crippen molar-refractivity contribution in [1.82, 2.24) is 0 Å². The summed E-state index contributed by atoms with van der Waals surface area (Å²) in [5, 5.41) is 15.3. The van der Waals surface area contributed by atoms with E-state index in [0.717, 1.165) is 54.3 Å². The number of para-hydroxylation sites is 1. The van der Waals surface area contributed by atoms with E-state index in [1.165, 1.54) is 37.9 Å².